The molecular formula is C24H32N4OS. The number of nitrogens with zero attached hydrogens (tertiary/aromatic N) is 3. The van der Waals surface area contributed by atoms with Crippen LogP contribution in [-0.4, -0.2) is 59.2 Å². The summed E-state index contributed by atoms with van der Waals surface area (Å²) in [4.78, 5) is 22.2. The minimum atomic E-state index is -0.0342. The number of thioether (sulfide) groups is 1. The van der Waals surface area contributed by atoms with Crippen LogP contribution in [0.15, 0.2) is 47.6 Å². The molecule has 2 aromatic rings. The Hall–Kier alpha value is -1.89. The highest BCUT2D eigenvalue weighted by Crippen LogP contribution is 2.35. The summed E-state index contributed by atoms with van der Waals surface area (Å²) < 4.78 is 0. The van der Waals surface area contributed by atoms with Gasteiger partial charge in [0.15, 0.2) is 0 Å². The second kappa shape index (κ2) is 10.4. The van der Waals surface area contributed by atoms with Crippen LogP contribution in [-0.2, 0) is 13.1 Å². The number of benzene rings is 1. The molecule has 0 bridgehead atoms. The minimum Gasteiger partial charge on any atom is -0.348 e. The van der Waals surface area contributed by atoms with E-state index >= 15 is 0 Å². The van der Waals surface area contributed by atoms with E-state index in [2.05, 4.69) is 51.4 Å². The van der Waals surface area contributed by atoms with E-state index in [1.54, 1.807) is 18.0 Å². The number of likely N-dealkylation sites (N-methyl/N-ethyl adjacent to an activating group) is 1. The van der Waals surface area contributed by atoms with Gasteiger partial charge in [-0.15, -0.1) is 11.8 Å². The number of pyridine rings is 1. The average Bonchev–Trinajstić information content (AvgIpc) is 3.27. The summed E-state index contributed by atoms with van der Waals surface area (Å²) in [6.45, 7) is 5.99. The van der Waals surface area contributed by atoms with Crippen molar-refractivity contribution < 1.29 is 4.79 Å². The first-order valence-electron chi connectivity index (χ1n) is 11.1. The Morgan fingerprint density at radius 1 is 1.10 bits per heavy atom. The van der Waals surface area contributed by atoms with E-state index in [1.807, 2.05) is 12.1 Å². The number of piperazine rings is 1. The van der Waals surface area contributed by atoms with Crippen LogP contribution in [0, 0.1) is 0 Å². The number of rotatable bonds is 7. The lowest BCUT2D eigenvalue weighted by atomic mass is 10.1. The molecule has 1 aliphatic heterocycles. The lowest BCUT2D eigenvalue weighted by molar-refractivity contribution is 0.0947. The monoisotopic (exact) mass is 424 g/mol. The molecule has 1 saturated carbocycles. The fraction of sp³-hybridized carbons (Fsp3) is 0.500. The Morgan fingerprint density at radius 2 is 1.87 bits per heavy atom. The van der Waals surface area contributed by atoms with Crippen molar-refractivity contribution in [2.24, 2.45) is 0 Å². The highest BCUT2D eigenvalue weighted by atomic mass is 32.2. The van der Waals surface area contributed by atoms with Crippen molar-refractivity contribution in [2.45, 2.75) is 49.0 Å². The summed E-state index contributed by atoms with van der Waals surface area (Å²) in [5, 5.41) is 4.57. The van der Waals surface area contributed by atoms with Crippen LogP contribution in [0.2, 0.25) is 0 Å². The molecule has 2 aliphatic rings. The largest absolute Gasteiger partial charge is 0.348 e. The first-order valence-corrected chi connectivity index (χ1v) is 11.9. The van der Waals surface area contributed by atoms with E-state index in [-0.39, 0.29) is 5.91 Å². The van der Waals surface area contributed by atoms with Gasteiger partial charge in [-0.05, 0) is 43.1 Å². The zero-order valence-corrected chi connectivity index (χ0v) is 18.7. The Labute approximate surface area is 184 Å². The molecule has 1 amide bonds. The van der Waals surface area contributed by atoms with E-state index in [1.165, 1.54) is 31.2 Å². The zero-order chi connectivity index (χ0) is 20.8. The Bertz CT molecular complexity index is 845. The predicted octanol–water partition coefficient (Wildman–Crippen LogP) is 3.79. The van der Waals surface area contributed by atoms with E-state index in [9.17, 15) is 4.79 Å². The number of hydrogen-bond acceptors (Lipinski definition) is 5. The highest BCUT2D eigenvalue weighted by Gasteiger charge is 2.20. The third kappa shape index (κ3) is 5.84. The normalized spacial score (nSPS) is 18.6. The maximum atomic E-state index is 12.9. The minimum absolute atomic E-state index is 0.0342. The van der Waals surface area contributed by atoms with Crippen molar-refractivity contribution in [3.05, 3.63) is 59.3 Å². The van der Waals surface area contributed by atoms with Gasteiger partial charge in [-0.1, -0.05) is 37.1 Å². The van der Waals surface area contributed by atoms with Crippen LogP contribution in [0.25, 0.3) is 0 Å². The van der Waals surface area contributed by atoms with Gasteiger partial charge >= 0.3 is 0 Å². The van der Waals surface area contributed by atoms with Gasteiger partial charge in [0, 0.05) is 50.7 Å². The number of amides is 1. The summed E-state index contributed by atoms with van der Waals surface area (Å²) >= 11 is 1.77. The molecule has 2 fully saturated rings. The molecular weight excluding hydrogens is 392 g/mol. The molecule has 0 spiro atoms. The highest BCUT2D eigenvalue weighted by molar-refractivity contribution is 7.99. The van der Waals surface area contributed by atoms with Crippen LogP contribution in [0.5, 0.6) is 0 Å². The second-order valence-corrected chi connectivity index (χ2v) is 9.75. The smallest absolute Gasteiger partial charge is 0.254 e. The van der Waals surface area contributed by atoms with Crippen LogP contribution in [0.3, 0.4) is 0 Å². The van der Waals surface area contributed by atoms with E-state index in [0.29, 0.717) is 17.4 Å². The molecule has 0 radical (unpaired) electrons. The number of aromatic nitrogens is 1. The van der Waals surface area contributed by atoms with Crippen LogP contribution < -0.4 is 5.32 Å². The quantitative estimate of drug-likeness (QED) is 0.733. The van der Waals surface area contributed by atoms with Crippen LogP contribution in [0.1, 0.15) is 47.2 Å². The first-order chi connectivity index (χ1) is 14.7. The molecule has 0 atom stereocenters. The van der Waals surface area contributed by atoms with Gasteiger partial charge in [-0.25, -0.2) is 4.98 Å². The first kappa shape index (κ1) is 21.3. The van der Waals surface area contributed by atoms with Gasteiger partial charge in [0.25, 0.3) is 5.91 Å². The molecule has 0 unspecified atom stereocenters. The number of carbonyl (C=O) groups is 1. The molecule has 1 N–H and O–H groups in total. The molecule has 1 saturated heterocycles. The molecule has 160 valence electrons. The Kier molecular flexibility index (Phi) is 7.42. The summed E-state index contributed by atoms with van der Waals surface area (Å²) in [7, 11) is 2.18. The summed E-state index contributed by atoms with van der Waals surface area (Å²) in [5.41, 5.74) is 3.15. The van der Waals surface area contributed by atoms with Crippen LogP contribution in [0.4, 0.5) is 0 Å². The molecule has 30 heavy (non-hydrogen) atoms. The summed E-state index contributed by atoms with van der Waals surface area (Å²) in [6.07, 6.45) is 6.81. The molecule has 5 nitrogen and oxygen atoms in total. The molecule has 1 aliphatic carbocycles. The lowest BCUT2D eigenvalue weighted by Crippen LogP contribution is -2.43. The fourth-order valence-corrected chi connectivity index (χ4v) is 5.50. The zero-order valence-electron chi connectivity index (χ0n) is 17.8. The number of carbonyl (C=O) groups excluding carboxylic acids is 1. The third-order valence-corrected chi connectivity index (χ3v) is 7.40. The van der Waals surface area contributed by atoms with E-state index in [4.69, 9.17) is 0 Å². The molecule has 4 rings (SSSR count). The Morgan fingerprint density at radius 3 is 2.67 bits per heavy atom. The van der Waals surface area contributed by atoms with Gasteiger partial charge in [-0.3, -0.25) is 9.69 Å². The van der Waals surface area contributed by atoms with Gasteiger partial charge in [-0.2, -0.15) is 0 Å². The average molecular weight is 425 g/mol. The number of hydrogen-bond donors (Lipinski definition) is 1. The topological polar surface area (TPSA) is 48.5 Å². The van der Waals surface area contributed by atoms with Crippen LogP contribution >= 0.6 is 11.8 Å². The maximum absolute atomic E-state index is 12.9. The van der Waals surface area contributed by atoms with Crippen molar-refractivity contribution in [1.82, 2.24) is 20.1 Å². The molecule has 1 aromatic carbocycles. The third-order valence-electron chi connectivity index (χ3n) is 6.04. The second-order valence-electron chi connectivity index (χ2n) is 8.46. The summed E-state index contributed by atoms with van der Waals surface area (Å²) in [6, 6.07) is 12.3. The van der Waals surface area contributed by atoms with E-state index < -0.39 is 0 Å². The molecule has 2 heterocycles. The Balaban J connectivity index is 1.34. The van der Waals surface area contributed by atoms with Gasteiger partial charge in [0.2, 0.25) is 0 Å². The standard InChI is InChI=1S/C24H32N4OS/c1-27-12-14-28(15-13-27)18-20-7-4-6-19(16-20)17-26-23(29)22-10-5-11-25-24(22)30-21-8-2-3-9-21/h4-7,10-11,16,21H,2-3,8-9,12-15,17-18H2,1H3,(H,26,29). The van der Waals surface area contributed by atoms with Crippen molar-refractivity contribution in [3.63, 3.8) is 0 Å². The molecule has 6 heteroatoms. The predicted molar refractivity (Wildman–Crippen MR) is 123 cm³/mol. The lowest BCUT2D eigenvalue weighted by Gasteiger charge is -2.32. The van der Waals surface area contributed by atoms with Gasteiger partial charge < -0.3 is 10.2 Å². The molecule has 1 aromatic heterocycles. The van der Waals surface area contributed by atoms with Crippen molar-refractivity contribution >= 4 is 17.7 Å². The van der Waals surface area contributed by atoms with Crippen molar-refractivity contribution in [3.8, 4) is 0 Å². The van der Waals surface area contributed by atoms with Gasteiger partial charge in [0.05, 0.1) is 5.56 Å². The SMILES string of the molecule is CN1CCN(Cc2cccc(CNC(=O)c3cccnc3SC3CCCC3)c2)CC1. The van der Waals surface area contributed by atoms with Crippen molar-refractivity contribution in [2.75, 3.05) is 33.2 Å². The maximum Gasteiger partial charge on any atom is 0.254 e. The fourth-order valence-electron chi connectivity index (χ4n) is 4.20. The van der Waals surface area contributed by atoms with Gasteiger partial charge in [0.1, 0.15) is 5.03 Å². The number of nitrogens with one attached hydrogen (secondary N) is 1. The van der Waals surface area contributed by atoms with E-state index in [0.717, 1.165) is 43.3 Å². The summed E-state index contributed by atoms with van der Waals surface area (Å²) in [5.74, 6) is -0.0342. The van der Waals surface area contributed by atoms with Crippen molar-refractivity contribution in [1.29, 1.82) is 0 Å².